The van der Waals surface area contributed by atoms with Gasteiger partial charge in [0.1, 0.15) is 0 Å². The normalized spacial score (nSPS) is 22.8. The number of benzene rings is 3. The average Bonchev–Trinajstić information content (AvgIpc) is 3.37. The van der Waals surface area contributed by atoms with Crippen LogP contribution in [-0.2, 0) is 12.7 Å². The lowest BCUT2D eigenvalue weighted by Crippen LogP contribution is -2.52. The number of hydrogen-bond donors (Lipinski definition) is 1. The van der Waals surface area contributed by atoms with Gasteiger partial charge in [-0.1, -0.05) is 78.3 Å². The van der Waals surface area contributed by atoms with Gasteiger partial charge in [0.25, 0.3) is 5.91 Å². The maximum Gasteiger partial charge on any atom is 0.417 e. The molecule has 0 aromatic heterocycles. The maximum atomic E-state index is 13.4. The van der Waals surface area contributed by atoms with Crippen LogP contribution in [0.2, 0.25) is 5.02 Å². The summed E-state index contributed by atoms with van der Waals surface area (Å²) in [5, 5.41) is 2.54. The average molecular weight is 499 g/mol. The van der Waals surface area contributed by atoms with Crippen LogP contribution in [0.5, 0.6) is 0 Å². The molecule has 7 heteroatoms. The third kappa shape index (κ3) is 4.45. The number of hydrogen-bond acceptors (Lipinski definition) is 2. The van der Waals surface area contributed by atoms with E-state index in [1.807, 2.05) is 48.5 Å². The van der Waals surface area contributed by atoms with Crippen LogP contribution in [0.15, 0.2) is 78.9 Å². The zero-order chi connectivity index (χ0) is 24.6. The van der Waals surface area contributed by atoms with Crippen molar-refractivity contribution in [2.45, 2.75) is 56.0 Å². The molecule has 3 aromatic carbocycles. The second-order valence-corrected chi connectivity index (χ2v) is 9.81. The van der Waals surface area contributed by atoms with E-state index in [0.29, 0.717) is 6.04 Å². The van der Waals surface area contributed by atoms with Crippen LogP contribution in [0.1, 0.15) is 58.8 Å². The summed E-state index contributed by atoms with van der Waals surface area (Å²) in [6, 6.07) is 23.4. The van der Waals surface area contributed by atoms with Crippen LogP contribution < -0.4 is 5.32 Å². The predicted molar refractivity (Wildman–Crippen MR) is 130 cm³/mol. The SMILES string of the molecule is O=C(NC(c1ccccc1)C12CCC(CC1)N2Cc1ccccc1)c1cccc(C(F)(F)F)c1Cl. The first-order chi connectivity index (χ1) is 16.8. The van der Waals surface area contributed by atoms with Gasteiger partial charge in [-0.05, 0) is 48.9 Å². The summed E-state index contributed by atoms with van der Waals surface area (Å²) in [5.74, 6) is -0.598. The van der Waals surface area contributed by atoms with Crippen molar-refractivity contribution in [3.05, 3.63) is 106 Å². The zero-order valence-corrected chi connectivity index (χ0v) is 19.8. The molecule has 182 valence electrons. The second kappa shape index (κ2) is 9.32. The van der Waals surface area contributed by atoms with Gasteiger partial charge in [0.05, 0.1) is 22.2 Å². The van der Waals surface area contributed by atoms with Gasteiger partial charge in [-0.2, -0.15) is 13.2 Å². The largest absolute Gasteiger partial charge is 0.417 e. The van der Waals surface area contributed by atoms with E-state index in [1.165, 1.54) is 17.7 Å². The minimum Gasteiger partial charge on any atom is -0.343 e. The van der Waals surface area contributed by atoms with E-state index < -0.39 is 28.7 Å². The molecule has 2 fully saturated rings. The molecular formula is C28H26ClF3N2O. The van der Waals surface area contributed by atoms with Crippen molar-refractivity contribution in [2.24, 2.45) is 0 Å². The smallest absolute Gasteiger partial charge is 0.343 e. The van der Waals surface area contributed by atoms with Crippen molar-refractivity contribution in [3.8, 4) is 0 Å². The highest BCUT2D eigenvalue weighted by molar-refractivity contribution is 6.34. The molecule has 2 heterocycles. The fourth-order valence-electron chi connectivity index (χ4n) is 5.89. The maximum absolute atomic E-state index is 13.4. The van der Waals surface area contributed by atoms with Gasteiger partial charge in [0.2, 0.25) is 0 Å². The van der Waals surface area contributed by atoms with Crippen molar-refractivity contribution in [1.29, 1.82) is 0 Å². The molecule has 0 saturated carbocycles. The summed E-state index contributed by atoms with van der Waals surface area (Å²) < 4.78 is 40.3. The summed E-state index contributed by atoms with van der Waals surface area (Å²) in [5.41, 5.74) is 0.634. The zero-order valence-electron chi connectivity index (χ0n) is 19.1. The molecule has 1 unspecified atom stereocenters. The van der Waals surface area contributed by atoms with Crippen LogP contribution in [0, 0.1) is 0 Å². The molecule has 2 bridgehead atoms. The van der Waals surface area contributed by atoms with Crippen molar-refractivity contribution >= 4 is 17.5 Å². The molecule has 1 atom stereocenters. The highest BCUT2D eigenvalue weighted by atomic mass is 35.5. The molecule has 2 aliphatic rings. The molecule has 1 N–H and O–H groups in total. The fraction of sp³-hybridized carbons (Fsp3) is 0.321. The number of nitrogens with one attached hydrogen (secondary N) is 1. The summed E-state index contributed by atoms with van der Waals surface area (Å²) in [4.78, 5) is 15.9. The lowest BCUT2D eigenvalue weighted by Gasteiger charge is -2.42. The van der Waals surface area contributed by atoms with Gasteiger partial charge in [-0.15, -0.1) is 0 Å². The number of fused-ring (bicyclic) bond motifs is 2. The summed E-state index contributed by atoms with van der Waals surface area (Å²) in [6.07, 6.45) is -0.782. The quantitative estimate of drug-likeness (QED) is 0.396. The van der Waals surface area contributed by atoms with E-state index in [1.54, 1.807) is 0 Å². The van der Waals surface area contributed by atoms with E-state index in [9.17, 15) is 18.0 Å². The Morgan fingerprint density at radius 1 is 0.971 bits per heavy atom. The van der Waals surface area contributed by atoms with Crippen LogP contribution in [0.3, 0.4) is 0 Å². The predicted octanol–water partition coefficient (Wildman–Crippen LogP) is 7.03. The van der Waals surface area contributed by atoms with Crippen LogP contribution in [0.4, 0.5) is 13.2 Å². The van der Waals surface area contributed by atoms with Gasteiger partial charge in [-0.3, -0.25) is 9.69 Å². The molecule has 0 spiro atoms. The molecule has 3 aromatic rings. The number of halogens is 4. The summed E-state index contributed by atoms with van der Waals surface area (Å²) in [7, 11) is 0. The lowest BCUT2D eigenvalue weighted by atomic mass is 9.78. The molecule has 1 amide bonds. The van der Waals surface area contributed by atoms with Crippen molar-refractivity contribution in [1.82, 2.24) is 10.2 Å². The first kappa shape index (κ1) is 23.9. The third-order valence-electron chi connectivity index (χ3n) is 7.52. The standard InChI is InChI=1S/C28H26ClF3N2O/c29-24-22(12-7-13-23(24)28(30,31)32)26(35)33-25(20-10-5-2-6-11-20)27-16-14-21(15-17-27)34(27)18-19-8-3-1-4-9-19/h1-13,21,25H,14-18H2,(H,33,35). The van der Waals surface area contributed by atoms with E-state index >= 15 is 0 Å². The van der Waals surface area contributed by atoms with Gasteiger partial charge >= 0.3 is 6.18 Å². The molecule has 5 rings (SSSR count). The Kier molecular flexibility index (Phi) is 6.36. The Balaban J connectivity index is 1.52. The number of nitrogens with zero attached hydrogens (tertiary/aromatic N) is 1. The Hall–Kier alpha value is -2.83. The Bertz CT molecular complexity index is 1190. The van der Waals surface area contributed by atoms with Crippen molar-refractivity contribution in [3.63, 3.8) is 0 Å². The second-order valence-electron chi connectivity index (χ2n) is 9.43. The first-order valence-corrected chi connectivity index (χ1v) is 12.2. The molecule has 2 aliphatic heterocycles. The van der Waals surface area contributed by atoms with Gasteiger partial charge in [0, 0.05) is 18.1 Å². The minimum atomic E-state index is -4.64. The van der Waals surface area contributed by atoms with Crippen molar-refractivity contribution < 1.29 is 18.0 Å². The summed E-state index contributed by atoms with van der Waals surface area (Å²) >= 11 is 6.10. The molecular weight excluding hydrogens is 473 g/mol. The molecule has 2 saturated heterocycles. The van der Waals surface area contributed by atoms with Crippen molar-refractivity contribution in [2.75, 3.05) is 0 Å². The topological polar surface area (TPSA) is 32.3 Å². The number of rotatable bonds is 6. The highest BCUT2D eigenvalue weighted by Crippen LogP contribution is 2.53. The van der Waals surface area contributed by atoms with Gasteiger partial charge in [-0.25, -0.2) is 0 Å². The summed E-state index contributed by atoms with van der Waals surface area (Å²) in [6.45, 7) is 0.759. The van der Waals surface area contributed by atoms with Crippen LogP contribution >= 0.6 is 11.6 Å². The first-order valence-electron chi connectivity index (χ1n) is 11.8. The van der Waals surface area contributed by atoms with Gasteiger partial charge < -0.3 is 5.32 Å². The Morgan fingerprint density at radius 2 is 1.60 bits per heavy atom. The Morgan fingerprint density at radius 3 is 2.23 bits per heavy atom. The van der Waals surface area contributed by atoms with Crippen LogP contribution in [0.25, 0.3) is 0 Å². The lowest BCUT2D eigenvalue weighted by molar-refractivity contribution is -0.137. The van der Waals surface area contributed by atoms with E-state index in [4.69, 9.17) is 11.6 Å². The highest BCUT2D eigenvalue weighted by Gasteiger charge is 2.56. The minimum absolute atomic E-state index is 0.166. The number of carbonyl (C=O) groups excluding carboxylic acids is 1. The Labute approximate surface area is 207 Å². The number of amides is 1. The molecule has 0 radical (unpaired) electrons. The van der Waals surface area contributed by atoms with E-state index in [-0.39, 0.29) is 11.1 Å². The van der Waals surface area contributed by atoms with Crippen LogP contribution in [-0.4, -0.2) is 22.4 Å². The fourth-order valence-corrected chi connectivity index (χ4v) is 6.21. The molecule has 35 heavy (non-hydrogen) atoms. The number of alkyl halides is 3. The third-order valence-corrected chi connectivity index (χ3v) is 7.93. The monoisotopic (exact) mass is 498 g/mol. The number of carbonyl (C=O) groups is 1. The molecule has 0 aliphatic carbocycles. The van der Waals surface area contributed by atoms with Gasteiger partial charge in [0.15, 0.2) is 0 Å². The molecule has 3 nitrogen and oxygen atoms in total. The van der Waals surface area contributed by atoms with E-state index in [0.717, 1.165) is 43.9 Å². The van der Waals surface area contributed by atoms with E-state index in [2.05, 4.69) is 22.3 Å².